The molecule has 3 nitrogen and oxygen atoms in total. The highest BCUT2D eigenvalue weighted by atomic mass is 16.5. The van der Waals surface area contributed by atoms with Crippen LogP contribution in [0.15, 0.2) is 0 Å². The van der Waals surface area contributed by atoms with E-state index in [-0.39, 0.29) is 0 Å². The molecule has 106 valence electrons. The first-order chi connectivity index (χ1) is 8.68. The molecule has 2 aliphatic heterocycles. The summed E-state index contributed by atoms with van der Waals surface area (Å²) < 4.78 is 5.64. The molecule has 0 aromatic rings. The Hall–Kier alpha value is -0.120. The molecule has 2 heterocycles. The second-order valence-electron chi connectivity index (χ2n) is 6.48. The Kier molecular flexibility index (Phi) is 5.05. The Labute approximate surface area is 112 Å². The number of piperidine rings is 1. The largest absolute Gasteiger partial charge is 0.381 e. The van der Waals surface area contributed by atoms with Crippen LogP contribution in [0.2, 0.25) is 0 Å². The molecule has 2 aliphatic rings. The summed E-state index contributed by atoms with van der Waals surface area (Å²) in [4.78, 5) is 2.64. The van der Waals surface area contributed by atoms with Crippen molar-refractivity contribution < 1.29 is 4.74 Å². The predicted molar refractivity (Wildman–Crippen MR) is 75.6 cm³/mol. The summed E-state index contributed by atoms with van der Waals surface area (Å²) in [5, 5.41) is 0. The van der Waals surface area contributed by atoms with Crippen molar-refractivity contribution in [3.05, 3.63) is 0 Å². The number of nitrogens with zero attached hydrogens (tertiary/aromatic N) is 1. The number of hydrogen-bond donors (Lipinski definition) is 1. The molecule has 0 spiro atoms. The summed E-state index contributed by atoms with van der Waals surface area (Å²) in [7, 11) is 0. The fourth-order valence-electron chi connectivity index (χ4n) is 3.46. The highest BCUT2D eigenvalue weighted by molar-refractivity contribution is 4.88. The highest BCUT2D eigenvalue weighted by Crippen LogP contribution is 2.35. The minimum absolute atomic E-state index is 0.548. The van der Waals surface area contributed by atoms with Gasteiger partial charge in [0, 0.05) is 19.2 Å². The number of hydrogen-bond acceptors (Lipinski definition) is 3. The average Bonchev–Trinajstić information content (AvgIpc) is 2.43. The van der Waals surface area contributed by atoms with Crippen LogP contribution in [0.5, 0.6) is 0 Å². The van der Waals surface area contributed by atoms with Gasteiger partial charge in [-0.15, -0.1) is 0 Å². The summed E-state index contributed by atoms with van der Waals surface area (Å²) in [6.07, 6.45) is 6.47. The molecule has 0 bridgehead atoms. The molecular weight excluding hydrogens is 224 g/mol. The van der Waals surface area contributed by atoms with Crippen LogP contribution in [0.25, 0.3) is 0 Å². The lowest BCUT2D eigenvalue weighted by molar-refractivity contribution is -0.00663. The van der Waals surface area contributed by atoms with E-state index in [0.29, 0.717) is 17.4 Å². The number of nitrogens with two attached hydrogens (primary N) is 1. The van der Waals surface area contributed by atoms with Gasteiger partial charge in [-0.3, -0.25) is 4.90 Å². The van der Waals surface area contributed by atoms with Gasteiger partial charge in [-0.2, -0.15) is 0 Å². The van der Waals surface area contributed by atoms with E-state index in [2.05, 4.69) is 18.7 Å². The topological polar surface area (TPSA) is 38.5 Å². The average molecular weight is 254 g/mol. The molecule has 0 aliphatic carbocycles. The fourth-order valence-corrected chi connectivity index (χ4v) is 3.46. The Balaban J connectivity index is 1.89. The first-order valence-electron chi connectivity index (χ1n) is 7.70. The normalized spacial score (nSPS) is 31.2. The first-order valence-corrected chi connectivity index (χ1v) is 7.70. The zero-order valence-corrected chi connectivity index (χ0v) is 12.2. The lowest BCUT2D eigenvalue weighted by atomic mass is 9.77. The Morgan fingerprint density at radius 2 is 2.11 bits per heavy atom. The summed E-state index contributed by atoms with van der Waals surface area (Å²) in [5.74, 6) is 0.662. The van der Waals surface area contributed by atoms with E-state index >= 15 is 0 Å². The van der Waals surface area contributed by atoms with E-state index < -0.39 is 0 Å². The van der Waals surface area contributed by atoms with Gasteiger partial charge in [0.2, 0.25) is 0 Å². The van der Waals surface area contributed by atoms with E-state index in [1.54, 1.807) is 0 Å². The maximum Gasteiger partial charge on any atom is 0.0509 e. The third-order valence-corrected chi connectivity index (χ3v) is 5.31. The van der Waals surface area contributed by atoms with Crippen LogP contribution in [0, 0.1) is 11.3 Å². The Morgan fingerprint density at radius 1 is 1.39 bits per heavy atom. The molecule has 2 rings (SSSR count). The van der Waals surface area contributed by atoms with Crippen molar-refractivity contribution in [1.29, 1.82) is 0 Å². The molecule has 0 saturated carbocycles. The third-order valence-electron chi connectivity index (χ3n) is 5.31. The van der Waals surface area contributed by atoms with Gasteiger partial charge in [-0.05, 0) is 50.1 Å². The monoisotopic (exact) mass is 254 g/mol. The van der Waals surface area contributed by atoms with Crippen LogP contribution >= 0.6 is 0 Å². The van der Waals surface area contributed by atoms with Crippen molar-refractivity contribution in [3.8, 4) is 0 Å². The lowest BCUT2D eigenvalue weighted by Crippen LogP contribution is -2.52. The zero-order valence-electron chi connectivity index (χ0n) is 12.2. The van der Waals surface area contributed by atoms with Crippen LogP contribution in [0.3, 0.4) is 0 Å². The molecule has 3 heteroatoms. The molecule has 0 aromatic heterocycles. The van der Waals surface area contributed by atoms with Gasteiger partial charge in [0.15, 0.2) is 0 Å². The first kappa shape index (κ1) is 14.3. The van der Waals surface area contributed by atoms with E-state index in [0.717, 1.165) is 19.8 Å². The molecule has 0 amide bonds. The van der Waals surface area contributed by atoms with Crippen molar-refractivity contribution >= 4 is 0 Å². The molecule has 2 unspecified atom stereocenters. The molecule has 2 N–H and O–H groups in total. The minimum atomic E-state index is 0.548. The van der Waals surface area contributed by atoms with Gasteiger partial charge in [-0.1, -0.05) is 20.3 Å². The maximum atomic E-state index is 6.04. The number of rotatable bonds is 4. The summed E-state index contributed by atoms with van der Waals surface area (Å²) in [5.41, 5.74) is 6.61. The standard InChI is InChI=1S/C15H30N2O/c1-3-15(2)6-8-17(9-7-15)14(11-16)13-5-4-10-18-12-13/h13-14H,3-12,16H2,1-2H3. The second kappa shape index (κ2) is 6.36. The van der Waals surface area contributed by atoms with Crippen molar-refractivity contribution in [1.82, 2.24) is 4.90 Å². The zero-order chi connectivity index (χ0) is 13.0. The predicted octanol–water partition coefficient (Wildman–Crippen LogP) is 2.25. The van der Waals surface area contributed by atoms with Gasteiger partial charge >= 0.3 is 0 Å². The van der Waals surface area contributed by atoms with Crippen LogP contribution in [0.1, 0.15) is 46.0 Å². The third kappa shape index (κ3) is 3.25. The van der Waals surface area contributed by atoms with Crippen molar-refractivity contribution in [2.45, 2.75) is 52.0 Å². The van der Waals surface area contributed by atoms with Crippen LogP contribution < -0.4 is 5.73 Å². The van der Waals surface area contributed by atoms with Crippen molar-refractivity contribution in [3.63, 3.8) is 0 Å². The van der Waals surface area contributed by atoms with E-state index in [9.17, 15) is 0 Å². The smallest absolute Gasteiger partial charge is 0.0509 e. The molecule has 0 radical (unpaired) electrons. The number of ether oxygens (including phenoxy) is 1. The SMILES string of the molecule is CCC1(C)CCN(C(CN)C2CCCOC2)CC1. The maximum absolute atomic E-state index is 6.04. The molecular formula is C15H30N2O. The quantitative estimate of drug-likeness (QED) is 0.836. The molecule has 2 atom stereocenters. The highest BCUT2D eigenvalue weighted by Gasteiger charge is 2.34. The van der Waals surface area contributed by atoms with Crippen molar-refractivity contribution in [2.24, 2.45) is 17.1 Å². The summed E-state index contributed by atoms with van der Waals surface area (Å²) in [6, 6.07) is 0.548. The Bertz CT molecular complexity index is 243. The fraction of sp³-hybridized carbons (Fsp3) is 1.00. The second-order valence-corrected chi connectivity index (χ2v) is 6.48. The molecule has 2 fully saturated rings. The van der Waals surface area contributed by atoms with Crippen LogP contribution in [0.4, 0.5) is 0 Å². The Morgan fingerprint density at radius 3 is 2.61 bits per heavy atom. The lowest BCUT2D eigenvalue weighted by Gasteiger charge is -2.45. The summed E-state index contributed by atoms with van der Waals surface area (Å²) >= 11 is 0. The van der Waals surface area contributed by atoms with Crippen LogP contribution in [-0.4, -0.2) is 43.8 Å². The van der Waals surface area contributed by atoms with Crippen molar-refractivity contribution in [2.75, 3.05) is 32.8 Å². The molecule has 0 aromatic carbocycles. The van der Waals surface area contributed by atoms with E-state index in [1.165, 1.54) is 45.2 Å². The minimum Gasteiger partial charge on any atom is -0.381 e. The van der Waals surface area contributed by atoms with Gasteiger partial charge in [0.1, 0.15) is 0 Å². The van der Waals surface area contributed by atoms with E-state index in [1.807, 2.05) is 0 Å². The van der Waals surface area contributed by atoms with Gasteiger partial charge in [0.05, 0.1) is 6.61 Å². The van der Waals surface area contributed by atoms with Gasteiger partial charge in [0.25, 0.3) is 0 Å². The van der Waals surface area contributed by atoms with E-state index in [4.69, 9.17) is 10.5 Å². The van der Waals surface area contributed by atoms with Gasteiger partial charge in [-0.25, -0.2) is 0 Å². The van der Waals surface area contributed by atoms with Crippen LogP contribution in [-0.2, 0) is 4.74 Å². The number of likely N-dealkylation sites (tertiary alicyclic amines) is 1. The van der Waals surface area contributed by atoms with Gasteiger partial charge < -0.3 is 10.5 Å². The molecule has 18 heavy (non-hydrogen) atoms. The summed E-state index contributed by atoms with van der Waals surface area (Å²) in [6.45, 7) is 9.87. The molecule has 2 saturated heterocycles.